The summed E-state index contributed by atoms with van der Waals surface area (Å²) in [5.74, 6) is -0.972. The molecule has 23 heavy (non-hydrogen) atoms. The van der Waals surface area contributed by atoms with Crippen LogP contribution in [0.15, 0.2) is 47.6 Å². The molecule has 2 aromatic rings. The van der Waals surface area contributed by atoms with Crippen molar-refractivity contribution in [3.8, 4) is 0 Å². The molecule has 1 aromatic carbocycles. The summed E-state index contributed by atoms with van der Waals surface area (Å²) in [7, 11) is -3.75. The second-order valence-electron chi connectivity index (χ2n) is 5.67. The highest BCUT2D eigenvalue weighted by molar-refractivity contribution is 7.92. The van der Waals surface area contributed by atoms with E-state index < -0.39 is 21.5 Å². The standard InChI is InChI=1S/C17H20N2O3S/c1-12(2)14-8-6-7-13(3)17(14)19-15(20)11-23(21,22)16-9-4-5-10-18-16/h4-10,12H,11H2,1-3H3,(H,19,20). The van der Waals surface area contributed by atoms with Gasteiger partial charge in [0.25, 0.3) is 0 Å². The van der Waals surface area contributed by atoms with Crippen LogP contribution in [0, 0.1) is 6.92 Å². The number of pyridine rings is 1. The molecule has 0 atom stereocenters. The highest BCUT2D eigenvalue weighted by Crippen LogP contribution is 2.27. The number of nitrogens with one attached hydrogen (secondary N) is 1. The quantitative estimate of drug-likeness (QED) is 0.913. The maximum absolute atomic E-state index is 12.2. The number of hydrogen-bond donors (Lipinski definition) is 1. The second-order valence-corrected chi connectivity index (χ2v) is 7.61. The Morgan fingerprint density at radius 3 is 2.52 bits per heavy atom. The molecule has 0 fully saturated rings. The number of sulfone groups is 1. The average molecular weight is 332 g/mol. The molecule has 0 aliphatic heterocycles. The topological polar surface area (TPSA) is 76.1 Å². The molecule has 6 heteroatoms. The summed E-state index contributed by atoms with van der Waals surface area (Å²) in [6.45, 7) is 5.93. The van der Waals surface area contributed by atoms with Crippen LogP contribution in [0.3, 0.4) is 0 Å². The molecule has 0 saturated heterocycles. The number of para-hydroxylation sites is 1. The van der Waals surface area contributed by atoms with Gasteiger partial charge in [-0.05, 0) is 36.1 Å². The van der Waals surface area contributed by atoms with E-state index in [-0.39, 0.29) is 10.9 Å². The molecule has 5 nitrogen and oxygen atoms in total. The Balaban J connectivity index is 2.21. The van der Waals surface area contributed by atoms with Gasteiger partial charge in [-0.1, -0.05) is 38.1 Å². The van der Waals surface area contributed by atoms with E-state index in [9.17, 15) is 13.2 Å². The molecule has 0 aliphatic rings. The lowest BCUT2D eigenvalue weighted by molar-refractivity contribution is -0.113. The van der Waals surface area contributed by atoms with Crippen LogP contribution in [0.25, 0.3) is 0 Å². The molecule has 0 bridgehead atoms. The molecule has 1 heterocycles. The molecular formula is C17H20N2O3S. The largest absolute Gasteiger partial charge is 0.325 e. The number of aromatic nitrogens is 1. The lowest BCUT2D eigenvalue weighted by Gasteiger charge is -2.16. The van der Waals surface area contributed by atoms with Crippen LogP contribution in [-0.2, 0) is 14.6 Å². The van der Waals surface area contributed by atoms with Gasteiger partial charge in [0.2, 0.25) is 15.7 Å². The molecule has 1 N–H and O–H groups in total. The fraction of sp³-hybridized carbons (Fsp3) is 0.294. The van der Waals surface area contributed by atoms with Gasteiger partial charge in [-0.15, -0.1) is 0 Å². The zero-order valence-electron chi connectivity index (χ0n) is 13.4. The number of aryl methyl sites for hydroxylation is 1. The van der Waals surface area contributed by atoms with Gasteiger partial charge in [0, 0.05) is 11.9 Å². The normalized spacial score (nSPS) is 11.5. The summed E-state index contributed by atoms with van der Waals surface area (Å²) in [5.41, 5.74) is 2.57. The van der Waals surface area contributed by atoms with Crippen LogP contribution in [0.5, 0.6) is 0 Å². The van der Waals surface area contributed by atoms with E-state index in [1.165, 1.54) is 12.3 Å². The average Bonchev–Trinajstić information content (AvgIpc) is 2.49. The summed E-state index contributed by atoms with van der Waals surface area (Å²) >= 11 is 0. The van der Waals surface area contributed by atoms with Crippen LogP contribution < -0.4 is 5.32 Å². The Morgan fingerprint density at radius 1 is 1.17 bits per heavy atom. The Hall–Kier alpha value is -2.21. The lowest BCUT2D eigenvalue weighted by atomic mass is 9.98. The lowest BCUT2D eigenvalue weighted by Crippen LogP contribution is -2.24. The Labute approximate surface area is 136 Å². The maximum atomic E-state index is 12.2. The third-order valence-corrected chi connectivity index (χ3v) is 4.99. The minimum absolute atomic E-state index is 0.0935. The van der Waals surface area contributed by atoms with Crippen molar-refractivity contribution < 1.29 is 13.2 Å². The zero-order valence-corrected chi connectivity index (χ0v) is 14.2. The fourth-order valence-corrected chi connectivity index (χ4v) is 3.37. The van der Waals surface area contributed by atoms with Crippen molar-refractivity contribution in [1.29, 1.82) is 0 Å². The van der Waals surface area contributed by atoms with E-state index in [0.717, 1.165) is 11.1 Å². The summed E-state index contributed by atoms with van der Waals surface area (Å²) in [6.07, 6.45) is 1.39. The monoisotopic (exact) mass is 332 g/mol. The number of rotatable bonds is 5. The van der Waals surface area contributed by atoms with E-state index in [1.807, 2.05) is 39.0 Å². The van der Waals surface area contributed by atoms with E-state index >= 15 is 0 Å². The number of hydrogen-bond acceptors (Lipinski definition) is 4. The van der Waals surface area contributed by atoms with Crippen molar-refractivity contribution in [2.24, 2.45) is 0 Å². The van der Waals surface area contributed by atoms with Crippen molar-refractivity contribution in [1.82, 2.24) is 4.98 Å². The van der Waals surface area contributed by atoms with Gasteiger partial charge in [-0.25, -0.2) is 13.4 Å². The minimum Gasteiger partial charge on any atom is -0.325 e. The molecular weight excluding hydrogens is 312 g/mol. The van der Waals surface area contributed by atoms with Crippen LogP contribution in [-0.4, -0.2) is 25.1 Å². The highest BCUT2D eigenvalue weighted by atomic mass is 32.2. The maximum Gasteiger partial charge on any atom is 0.240 e. The molecule has 0 aliphatic carbocycles. The Morgan fingerprint density at radius 2 is 1.91 bits per heavy atom. The molecule has 0 spiro atoms. The van der Waals surface area contributed by atoms with Crippen molar-refractivity contribution in [2.45, 2.75) is 31.7 Å². The number of carbonyl (C=O) groups is 1. The van der Waals surface area contributed by atoms with Gasteiger partial charge in [0.05, 0.1) is 0 Å². The Kier molecular flexibility index (Phi) is 5.15. The molecule has 0 radical (unpaired) electrons. The minimum atomic E-state index is -3.75. The number of carbonyl (C=O) groups excluding carboxylic acids is 1. The highest BCUT2D eigenvalue weighted by Gasteiger charge is 2.21. The molecule has 0 unspecified atom stereocenters. The summed E-state index contributed by atoms with van der Waals surface area (Å²) in [4.78, 5) is 16.0. The van der Waals surface area contributed by atoms with Gasteiger partial charge < -0.3 is 5.32 Å². The first kappa shape index (κ1) is 17.1. The summed E-state index contributed by atoms with van der Waals surface area (Å²) in [5, 5.41) is 2.65. The smallest absolute Gasteiger partial charge is 0.240 e. The summed E-state index contributed by atoms with van der Waals surface area (Å²) in [6, 6.07) is 10.3. The van der Waals surface area contributed by atoms with E-state index in [0.29, 0.717) is 5.69 Å². The van der Waals surface area contributed by atoms with Gasteiger partial charge in [-0.2, -0.15) is 0 Å². The zero-order chi connectivity index (χ0) is 17.0. The predicted octanol–water partition coefficient (Wildman–Crippen LogP) is 2.93. The third-order valence-electron chi connectivity index (χ3n) is 3.47. The van der Waals surface area contributed by atoms with Crippen molar-refractivity contribution in [2.75, 3.05) is 11.1 Å². The molecule has 2 rings (SSSR count). The van der Waals surface area contributed by atoms with Crippen LogP contribution in [0.1, 0.15) is 30.9 Å². The van der Waals surface area contributed by atoms with E-state index in [1.54, 1.807) is 12.1 Å². The van der Waals surface area contributed by atoms with Gasteiger partial charge in [-0.3, -0.25) is 4.79 Å². The van der Waals surface area contributed by atoms with Crippen LogP contribution in [0.2, 0.25) is 0 Å². The first-order valence-electron chi connectivity index (χ1n) is 7.34. The molecule has 1 aromatic heterocycles. The van der Waals surface area contributed by atoms with E-state index in [4.69, 9.17) is 0 Å². The number of amides is 1. The van der Waals surface area contributed by atoms with Crippen LogP contribution in [0.4, 0.5) is 5.69 Å². The summed E-state index contributed by atoms with van der Waals surface area (Å²) < 4.78 is 24.4. The first-order valence-corrected chi connectivity index (χ1v) is 8.99. The van der Waals surface area contributed by atoms with Gasteiger partial charge in [0.15, 0.2) is 5.03 Å². The number of benzene rings is 1. The molecule has 1 amide bonds. The van der Waals surface area contributed by atoms with Gasteiger partial charge >= 0.3 is 0 Å². The van der Waals surface area contributed by atoms with Crippen molar-refractivity contribution in [3.05, 3.63) is 53.7 Å². The third kappa shape index (κ3) is 4.16. The van der Waals surface area contributed by atoms with Crippen LogP contribution >= 0.6 is 0 Å². The number of anilines is 1. The predicted molar refractivity (Wildman–Crippen MR) is 90.2 cm³/mol. The first-order chi connectivity index (χ1) is 10.8. The number of nitrogens with zero attached hydrogens (tertiary/aromatic N) is 1. The SMILES string of the molecule is Cc1cccc(C(C)C)c1NC(=O)CS(=O)(=O)c1ccccn1. The molecule has 122 valence electrons. The fourth-order valence-electron chi connectivity index (χ4n) is 2.30. The van der Waals surface area contributed by atoms with Crippen molar-refractivity contribution in [3.63, 3.8) is 0 Å². The Bertz CT molecular complexity index is 800. The van der Waals surface area contributed by atoms with Gasteiger partial charge in [0.1, 0.15) is 5.75 Å². The van der Waals surface area contributed by atoms with E-state index in [2.05, 4.69) is 10.3 Å². The second kappa shape index (κ2) is 6.91. The van der Waals surface area contributed by atoms with Crippen molar-refractivity contribution >= 4 is 21.4 Å². The molecule has 0 saturated carbocycles.